The van der Waals surface area contributed by atoms with Gasteiger partial charge in [-0.25, -0.2) is 9.59 Å². The molecule has 11 nitrogen and oxygen atoms in total. The number of carbonyl (C=O) groups is 5. The van der Waals surface area contributed by atoms with Gasteiger partial charge in [0.2, 0.25) is 17.7 Å². The molecule has 1 aliphatic carbocycles. The lowest BCUT2D eigenvalue weighted by atomic mass is 9.98. The fourth-order valence-electron chi connectivity index (χ4n) is 5.40. The summed E-state index contributed by atoms with van der Waals surface area (Å²) in [5, 5.41) is 10.3. The minimum Gasteiger partial charge on any atom is -0.459 e. The van der Waals surface area contributed by atoms with Crippen molar-refractivity contribution < 1.29 is 33.4 Å². The Morgan fingerprint density at radius 2 is 1.32 bits per heavy atom. The normalized spacial score (nSPS) is 13.7. The van der Waals surface area contributed by atoms with Gasteiger partial charge in [0.05, 0.1) is 0 Å². The highest BCUT2D eigenvalue weighted by Crippen LogP contribution is 2.44. The van der Waals surface area contributed by atoms with Gasteiger partial charge in [0.15, 0.2) is 0 Å². The van der Waals surface area contributed by atoms with Gasteiger partial charge in [-0.2, -0.15) is 0 Å². The van der Waals surface area contributed by atoms with Gasteiger partial charge in [-0.1, -0.05) is 99.6 Å². The van der Waals surface area contributed by atoms with Gasteiger partial charge >= 0.3 is 12.1 Å². The fraction of sp³-hybridized carbons (Fsp3) is 0.361. The van der Waals surface area contributed by atoms with Crippen LogP contribution >= 0.6 is 0 Å². The molecule has 0 aliphatic heterocycles. The van der Waals surface area contributed by atoms with Gasteiger partial charge < -0.3 is 30.7 Å². The standard InChI is InChI=1S/C36H42N4O7/c1-5-30(33(42)40-32(22(2)3)34(43)38-23(4)35(44)46-20-24-13-7-6-8-14-24)39-31(41)19-37-36(45)47-21-29-27-17-11-9-15-25(27)26-16-10-12-18-28(26)29/h6-18,22-23,29-30,32H,5,19-21H2,1-4H3,(H,37,45)(H,38,43)(H,39,41)(H,40,42). The number of amides is 4. The van der Waals surface area contributed by atoms with Crippen molar-refractivity contribution in [1.82, 2.24) is 21.3 Å². The molecule has 11 heteroatoms. The lowest BCUT2D eigenvalue weighted by molar-refractivity contribution is -0.149. The van der Waals surface area contributed by atoms with E-state index in [4.69, 9.17) is 9.47 Å². The van der Waals surface area contributed by atoms with E-state index in [9.17, 15) is 24.0 Å². The summed E-state index contributed by atoms with van der Waals surface area (Å²) in [6, 6.07) is 22.2. The number of hydrogen-bond donors (Lipinski definition) is 4. The molecule has 0 bridgehead atoms. The third-order valence-electron chi connectivity index (χ3n) is 7.98. The van der Waals surface area contributed by atoms with Gasteiger partial charge in [0.25, 0.3) is 0 Å². The summed E-state index contributed by atoms with van der Waals surface area (Å²) in [4.78, 5) is 63.7. The van der Waals surface area contributed by atoms with Crippen molar-refractivity contribution in [3.05, 3.63) is 95.6 Å². The SMILES string of the molecule is CCC(NC(=O)CNC(=O)OCC1c2ccccc2-c2ccccc21)C(=O)NC(C(=O)NC(C)C(=O)OCc1ccccc1)C(C)C. The van der Waals surface area contributed by atoms with Crippen molar-refractivity contribution in [2.45, 2.75) is 64.8 Å². The Kier molecular flexibility index (Phi) is 12.1. The van der Waals surface area contributed by atoms with Gasteiger partial charge in [-0.05, 0) is 47.1 Å². The lowest BCUT2D eigenvalue weighted by Crippen LogP contribution is -2.57. The highest BCUT2D eigenvalue weighted by molar-refractivity contribution is 5.94. The third-order valence-corrected chi connectivity index (χ3v) is 7.98. The van der Waals surface area contributed by atoms with E-state index in [1.54, 1.807) is 20.8 Å². The highest BCUT2D eigenvalue weighted by Gasteiger charge is 2.31. The molecule has 248 valence electrons. The smallest absolute Gasteiger partial charge is 0.407 e. The van der Waals surface area contributed by atoms with Gasteiger partial charge in [0, 0.05) is 5.92 Å². The topological polar surface area (TPSA) is 152 Å². The van der Waals surface area contributed by atoms with E-state index in [1.807, 2.05) is 78.9 Å². The number of rotatable bonds is 14. The molecule has 3 unspecified atom stereocenters. The second-order valence-corrected chi connectivity index (χ2v) is 11.8. The van der Waals surface area contributed by atoms with Crippen LogP contribution in [0, 0.1) is 5.92 Å². The molecule has 0 radical (unpaired) electrons. The lowest BCUT2D eigenvalue weighted by Gasteiger charge is -2.26. The molecular formula is C36H42N4O7. The minimum absolute atomic E-state index is 0.0677. The molecule has 4 amide bonds. The van der Waals surface area contributed by atoms with E-state index < -0.39 is 54.5 Å². The average Bonchev–Trinajstić information content (AvgIpc) is 3.40. The van der Waals surface area contributed by atoms with E-state index in [0.29, 0.717) is 0 Å². The van der Waals surface area contributed by atoms with Crippen LogP contribution in [0.5, 0.6) is 0 Å². The zero-order chi connectivity index (χ0) is 33.9. The number of carbonyl (C=O) groups excluding carboxylic acids is 5. The van der Waals surface area contributed by atoms with Crippen LogP contribution in [0.1, 0.15) is 56.7 Å². The Labute approximate surface area is 274 Å². The summed E-state index contributed by atoms with van der Waals surface area (Å²) in [6.07, 6.45) is -0.524. The third kappa shape index (κ3) is 9.18. The molecule has 1 aliphatic rings. The quantitative estimate of drug-likeness (QED) is 0.195. The first-order valence-corrected chi connectivity index (χ1v) is 15.8. The molecule has 3 aromatic rings. The van der Waals surface area contributed by atoms with Crippen LogP contribution < -0.4 is 21.3 Å². The van der Waals surface area contributed by atoms with E-state index in [2.05, 4.69) is 21.3 Å². The predicted molar refractivity (Wildman–Crippen MR) is 176 cm³/mol. The fourth-order valence-corrected chi connectivity index (χ4v) is 5.40. The van der Waals surface area contributed by atoms with E-state index >= 15 is 0 Å². The predicted octanol–water partition coefficient (Wildman–Crippen LogP) is 3.81. The van der Waals surface area contributed by atoms with Crippen molar-refractivity contribution in [2.24, 2.45) is 5.92 Å². The summed E-state index contributed by atoms with van der Waals surface area (Å²) in [5.41, 5.74) is 5.17. The summed E-state index contributed by atoms with van der Waals surface area (Å²) in [7, 11) is 0. The van der Waals surface area contributed by atoms with Gasteiger partial charge in [0.1, 0.15) is 37.9 Å². The van der Waals surface area contributed by atoms with E-state index in [-0.39, 0.29) is 31.5 Å². The zero-order valence-electron chi connectivity index (χ0n) is 27.1. The van der Waals surface area contributed by atoms with Gasteiger partial charge in [-0.15, -0.1) is 0 Å². The first kappa shape index (κ1) is 34.7. The number of ether oxygens (including phenoxy) is 2. The first-order chi connectivity index (χ1) is 22.6. The monoisotopic (exact) mass is 642 g/mol. The Morgan fingerprint density at radius 3 is 1.91 bits per heavy atom. The van der Waals surface area contributed by atoms with Crippen LogP contribution in [0.4, 0.5) is 4.79 Å². The molecule has 0 saturated heterocycles. The van der Waals surface area contributed by atoms with Crippen molar-refractivity contribution in [3.63, 3.8) is 0 Å². The summed E-state index contributed by atoms with van der Waals surface area (Å²) < 4.78 is 10.8. The minimum atomic E-state index is -0.975. The average molecular weight is 643 g/mol. The molecule has 0 fully saturated rings. The molecule has 47 heavy (non-hydrogen) atoms. The first-order valence-electron chi connectivity index (χ1n) is 15.8. The number of fused-ring (bicyclic) bond motifs is 3. The molecule has 0 aromatic heterocycles. The Bertz CT molecular complexity index is 1530. The van der Waals surface area contributed by atoms with Crippen LogP contribution in [-0.2, 0) is 35.3 Å². The maximum atomic E-state index is 13.1. The number of hydrogen-bond acceptors (Lipinski definition) is 7. The van der Waals surface area contributed by atoms with Crippen LogP contribution in [0.2, 0.25) is 0 Å². The Morgan fingerprint density at radius 1 is 0.723 bits per heavy atom. The maximum absolute atomic E-state index is 13.1. The van der Waals surface area contributed by atoms with Crippen molar-refractivity contribution in [1.29, 1.82) is 0 Å². The molecule has 0 heterocycles. The molecule has 3 atom stereocenters. The van der Waals surface area contributed by atoms with E-state index in [0.717, 1.165) is 27.8 Å². The molecule has 0 spiro atoms. The van der Waals surface area contributed by atoms with Crippen LogP contribution in [0.25, 0.3) is 11.1 Å². The molecule has 4 N–H and O–H groups in total. The van der Waals surface area contributed by atoms with Crippen molar-refractivity contribution >= 4 is 29.8 Å². The van der Waals surface area contributed by atoms with Crippen molar-refractivity contribution in [2.75, 3.05) is 13.2 Å². The molecule has 4 rings (SSSR count). The molecule has 3 aromatic carbocycles. The largest absolute Gasteiger partial charge is 0.459 e. The van der Waals surface area contributed by atoms with Crippen LogP contribution in [0.15, 0.2) is 78.9 Å². The second-order valence-electron chi connectivity index (χ2n) is 11.8. The van der Waals surface area contributed by atoms with Crippen LogP contribution in [-0.4, -0.2) is 61.1 Å². The molecule has 0 saturated carbocycles. The maximum Gasteiger partial charge on any atom is 0.407 e. The summed E-state index contributed by atoms with van der Waals surface area (Å²) in [5.74, 6) is -2.79. The molecular weight excluding hydrogens is 600 g/mol. The number of alkyl carbamates (subject to hydrolysis) is 1. The van der Waals surface area contributed by atoms with E-state index in [1.165, 1.54) is 6.92 Å². The summed E-state index contributed by atoms with van der Waals surface area (Å²) >= 11 is 0. The number of esters is 1. The second kappa shape index (κ2) is 16.4. The Balaban J connectivity index is 1.22. The van der Waals surface area contributed by atoms with Crippen molar-refractivity contribution in [3.8, 4) is 11.1 Å². The summed E-state index contributed by atoms with van der Waals surface area (Å²) in [6.45, 7) is 6.47. The number of nitrogens with one attached hydrogen (secondary N) is 4. The number of benzene rings is 3. The zero-order valence-corrected chi connectivity index (χ0v) is 27.1. The van der Waals surface area contributed by atoms with Gasteiger partial charge in [-0.3, -0.25) is 14.4 Å². The highest BCUT2D eigenvalue weighted by atomic mass is 16.5. The Hall–Kier alpha value is -5.19. The van der Waals surface area contributed by atoms with Crippen LogP contribution in [0.3, 0.4) is 0 Å².